The third kappa shape index (κ3) is 4.00. The summed E-state index contributed by atoms with van der Waals surface area (Å²) in [5, 5.41) is 9.78. The minimum absolute atomic E-state index is 0.144. The topological polar surface area (TPSA) is 74.2 Å². The van der Waals surface area contributed by atoms with Crippen LogP contribution in [0, 0.1) is 0 Å². The minimum atomic E-state index is -0.144. The fourth-order valence-electron chi connectivity index (χ4n) is 2.93. The maximum atomic E-state index is 13.0. The zero-order valence-corrected chi connectivity index (χ0v) is 16.6. The molecule has 28 heavy (non-hydrogen) atoms. The summed E-state index contributed by atoms with van der Waals surface area (Å²) in [6, 6.07) is 7.64. The van der Waals surface area contributed by atoms with Crippen molar-refractivity contribution in [3.05, 3.63) is 65.7 Å². The minimum Gasteiger partial charge on any atom is -0.357 e. The van der Waals surface area contributed by atoms with Crippen LogP contribution >= 0.6 is 23.6 Å². The third-order valence-electron chi connectivity index (χ3n) is 4.30. The fourth-order valence-corrected chi connectivity index (χ4v) is 3.98. The standard InChI is InChI=1S/C19H18N6OS2/c26-18(16-13-28-17(23-16)15-5-2-7-21-12-15)24-8-3-9-25(24)19(27)22-11-14-4-1-6-20-10-14/h1-2,4-7,10,12-13H,3,8-9,11H2,(H,22,27). The van der Waals surface area contributed by atoms with Crippen LogP contribution in [0.2, 0.25) is 0 Å². The Morgan fingerprint density at radius 2 is 1.93 bits per heavy atom. The number of nitrogens with zero attached hydrogens (tertiary/aromatic N) is 5. The van der Waals surface area contributed by atoms with E-state index < -0.39 is 0 Å². The lowest BCUT2D eigenvalue weighted by Gasteiger charge is -2.29. The van der Waals surface area contributed by atoms with Crippen molar-refractivity contribution in [2.24, 2.45) is 0 Å². The van der Waals surface area contributed by atoms with Crippen molar-refractivity contribution < 1.29 is 4.79 Å². The Hall–Kier alpha value is -2.91. The van der Waals surface area contributed by atoms with Gasteiger partial charge < -0.3 is 5.32 Å². The number of carbonyl (C=O) groups excluding carboxylic acids is 1. The predicted octanol–water partition coefficient (Wildman–Crippen LogP) is 2.74. The first-order chi connectivity index (χ1) is 13.7. The van der Waals surface area contributed by atoms with Gasteiger partial charge in [-0.2, -0.15) is 0 Å². The molecule has 0 atom stereocenters. The molecule has 1 aliphatic rings. The molecule has 0 saturated carbocycles. The predicted molar refractivity (Wildman–Crippen MR) is 111 cm³/mol. The molecule has 142 valence electrons. The summed E-state index contributed by atoms with van der Waals surface area (Å²) in [6.07, 6.45) is 7.84. The van der Waals surface area contributed by atoms with Gasteiger partial charge in [0.2, 0.25) is 0 Å². The number of hydrazine groups is 1. The summed E-state index contributed by atoms with van der Waals surface area (Å²) in [6.45, 7) is 1.88. The van der Waals surface area contributed by atoms with Gasteiger partial charge in [-0.15, -0.1) is 11.3 Å². The number of rotatable bonds is 4. The number of carbonyl (C=O) groups is 1. The van der Waals surface area contributed by atoms with Gasteiger partial charge in [-0.3, -0.25) is 19.8 Å². The SMILES string of the molecule is O=C(c1csc(-c2cccnc2)n1)N1CCCN1C(=S)NCc1cccnc1. The van der Waals surface area contributed by atoms with Crippen molar-refractivity contribution >= 4 is 34.6 Å². The van der Waals surface area contributed by atoms with Gasteiger partial charge in [0, 0.05) is 55.4 Å². The monoisotopic (exact) mass is 410 g/mol. The Labute approximate surface area is 172 Å². The summed E-state index contributed by atoms with van der Waals surface area (Å²) in [4.78, 5) is 25.7. The maximum absolute atomic E-state index is 13.0. The number of pyridine rings is 2. The van der Waals surface area contributed by atoms with Crippen LogP contribution in [0.1, 0.15) is 22.5 Å². The molecule has 0 radical (unpaired) electrons. The highest BCUT2D eigenvalue weighted by molar-refractivity contribution is 7.80. The molecular weight excluding hydrogens is 392 g/mol. The summed E-state index contributed by atoms with van der Waals surface area (Å²) in [7, 11) is 0. The van der Waals surface area contributed by atoms with Gasteiger partial charge in [0.15, 0.2) is 5.11 Å². The van der Waals surface area contributed by atoms with Crippen LogP contribution < -0.4 is 5.32 Å². The Morgan fingerprint density at radius 3 is 2.68 bits per heavy atom. The first-order valence-corrected chi connectivity index (χ1v) is 10.1. The largest absolute Gasteiger partial charge is 0.357 e. The Bertz CT molecular complexity index is 963. The number of thiazole rings is 1. The average molecular weight is 411 g/mol. The second-order valence-electron chi connectivity index (χ2n) is 6.20. The zero-order chi connectivity index (χ0) is 19.3. The van der Waals surface area contributed by atoms with Crippen molar-refractivity contribution in [1.29, 1.82) is 0 Å². The van der Waals surface area contributed by atoms with Crippen molar-refractivity contribution in [3.63, 3.8) is 0 Å². The van der Waals surface area contributed by atoms with Crippen LogP contribution in [-0.4, -0.2) is 49.1 Å². The summed E-state index contributed by atoms with van der Waals surface area (Å²) < 4.78 is 0. The molecule has 1 saturated heterocycles. The highest BCUT2D eigenvalue weighted by atomic mass is 32.1. The van der Waals surface area contributed by atoms with Crippen molar-refractivity contribution in [1.82, 2.24) is 30.3 Å². The molecule has 9 heteroatoms. The van der Waals surface area contributed by atoms with Gasteiger partial charge in [-0.05, 0) is 42.4 Å². The number of amides is 1. The number of aromatic nitrogens is 3. The van der Waals surface area contributed by atoms with Gasteiger partial charge in [-0.1, -0.05) is 6.07 Å². The molecule has 1 aliphatic heterocycles. The van der Waals surface area contributed by atoms with E-state index in [9.17, 15) is 4.79 Å². The highest BCUT2D eigenvalue weighted by Crippen LogP contribution is 2.24. The van der Waals surface area contributed by atoms with E-state index in [4.69, 9.17) is 12.2 Å². The second-order valence-corrected chi connectivity index (χ2v) is 7.45. The van der Waals surface area contributed by atoms with Gasteiger partial charge in [0.1, 0.15) is 10.7 Å². The van der Waals surface area contributed by atoms with Crippen molar-refractivity contribution in [2.45, 2.75) is 13.0 Å². The van der Waals surface area contributed by atoms with E-state index in [0.717, 1.165) is 22.6 Å². The quantitative estimate of drug-likeness (QED) is 0.663. The van der Waals surface area contributed by atoms with Crippen LogP contribution in [0.4, 0.5) is 0 Å². The van der Waals surface area contributed by atoms with Crippen LogP contribution in [-0.2, 0) is 6.54 Å². The maximum Gasteiger partial charge on any atom is 0.291 e. The molecule has 0 bridgehead atoms. The lowest BCUT2D eigenvalue weighted by atomic mass is 10.3. The van der Waals surface area contributed by atoms with Crippen molar-refractivity contribution in [3.8, 4) is 10.6 Å². The van der Waals surface area contributed by atoms with E-state index in [1.54, 1.807) is 35.2 Å². The molecule has 1 amide bonds. The fraction of sp³-hybridized carbons (Fsp3) is 0.211. The zero-order valence-electron chi connectivity index (χ0n) is 15.0. The van der Waals surface area contributed by atoms with Crippen LogP contribution in [0.15, 0.2) is 54.4 Å². The van der Waals surface area contributed by atoms with E-state index in [1.165, 1.54) is 11.3 Å². The van der Waals surface area contributed by atoms with E-state index in [0.29, 0.717) is 30.4 Å². The molecule has 7 nitrogen and oxygen atoms in total. The van der Waals surface area contributed by atoms with E-state index in [2.05, 4.69) is 20.3 Å². The second kappa shape index (κ2) is 8.41. The first kappa shape index (κ1) is 18.5. The third-order valence-corrected chi connectivity index (χ3v) is 5.54. The normalized spacial score (nSPS) is 13.6. The Morgan fingerprint density at radius 1 is 1.14 bits per heavy atom. The number of hydrogen-bond acceptors (Lipinski definition) is 6. The van der Waals surface area contributed by atoms with Gasteiger partial charge in [0.25, 0.3) is 5.91 Å². The highest BCUT2D eigenvalue weighted by Gasteiger charge is 2.30. The average Bonchev–Trinajstić information content (AvgIpc) is 3.43. The smallest absolute Gasteiger partial charge is 0.291 e. The molecule has 3 aromatic heterocycles. The molecule has 4 rings (SSSR count). The summed E-state index contributed by atoms with van der Waals surface area (Å²) in [5.41, 5.74) is 2.35. The summed E-state index contributed by atoms with van der Waals surface area (Å²) in [5.74, 6) is -0.144. The molecule has 1 fully saturated rings. The van der Waals surface area contributed by atoms with Crippen LogP contribution in [0.25, 0.3) is 10.6 Å². The summed E-state index contributed by atoms with van der Waals surface area (Å²) >= 11 is 6.95. The number of nitrogens with one attached hydrogen (secondary N) is 1. The molecular formula is C19H18N6OS2. The number of hydrogen-bond donors (Lipinski definition) is 1. The molecule has 0 aromatic carbocycles. The Balaban J connectivity index is 1.43. The van der Waals surface area contributed by atoms with E-state index in [-0.39, 0.29) is 5.91 Å². The molecule has 0 aliphatic carbocycles. The first-order valence-electron chi connectivity index (χ1n) is 8.84. The number of thiocarbonyl (C=S) groups is 1. The lowest BCUT2D eigenvalue weighted by molar-refractivity contribution is 0.0486. The molecule has 0 unspecified atom stereocenters. The molecule has 0 spiro atoms. The van der Waals surface area contributed by atoms with Crippen LogP contribution in [0.3, 0.4) is 0 Å². The molecule has 4 heterocycles. The van der Waals surface area contributed by atoms with Gasteiger partial charge in [0.05, 0.1) is 0 Å². The van der Waals surface area contributed by atoms with E-state index >= 15 is 0 Å². The van der Waals surface area contributed by atoms with E-state index in [1.807, 2.05) is 29.3 Å². The lowest BCUT2D eigenvalue weighted by Crippen LogP contribution is -2.49. The Kier molecular flexibility index (Phi) is 5.54. The van der Waals surface area contributed by atoms with Crippen molar-refractivity contribution in [2.75, 3.05) is 13.1 Å². The van der Waals surface area contributed by atoms with Crippen LogP contribution in [0.5, 0.6) is 0 Å². The van der Waals surface area contributed by atoms with Gasteiger partial charge in [-0.25, -0.2) is 9.99 Å². The molecule has 1 N–H and O–H groups in total. The molecule has 3 aromatic rings. The van der Waals surface area contributed by atoms with Gasteiger partial charge >= 0.3 is 0 Å².